The Morgan fingerprint density at radius 1 is 1.53 bits per heavy atom. The minimum Gasteiger partial charge on any atom is -0.373 e. The summed E-state index contributed by atoms with van der Waals surface area (Å²) in [5, 5.41) is 3.27. The van der Waals surface area contributed by atoms with Gasteiger partial charge in [0.15, 0.2) is 0 Å². The van der Waals surface area contributed by atoms with Gasteiger partial charge in [0.2, 0.25) is 5.91 Å². The SMILES string of the molecule is CN(C)CC1CN(C(=O)C2CCCN2)CCO1. The highest BCUT2D eigenvalue weighted by atomic mass is 16.5. The van der Waals surface area contributed by atoms with Crippen molar-refractivity contribution in [1.29, 1.82) is 0 Å². The predicted octanol–water partition coefficient (Wildman–Crippen LogP) is -0.473. The number of carbonyl (C=O) groups is 1. The maximum atomic E-state index is 12.2. The fourth-order valence-electron chi connectivity index (χ4n) is 2.55. The molecule has 0 aromatic carbocycles. The zero-order valence-corrected chi connectivity index (χ0v) is 10.8. The van der Waals surface area contributed by atoms with Crippen LogP contribution in [0.15, 0.2) is 0 Å². The summed E-state index contributed by atoms with van der Waals surface area (Å²) < 4.78 is 5.68. The van der Waals surface area contributed by atoms with Gasteiger partial charge >= 0.3 is 0 Å². The molecule has 1 N–H and O–H groups in total. The summed E-state index contributed by atoms with van der Waals surface area (Å²) in [6, 6.07) is 0.0492. The Hall–Kier alpha value is -0.650. The van der Waals surface area contributed by atoms with Crippen molar-refractivity contribution in [2.45, 2.75) is 25.0 Å². The Morgan fingerprint density at radius 3 is 3.00 bits per heavy atom. The summed E-state index contributed by atoms with van der Waals surface area (Å²) >= 11 is 0. The van der Waals surface area contributed by atoms with E-state index in [0.717, 1.165) is 39.0 Å². The molecule has 5 nitrogen and oxygen atoms in total. The number of carbonyl (C=O) groups excluding carboxylic acids is 1. The zero-order chi connectivity index (χ0) is 12.3. The third kappa shape index (κ3) is 3.40. The molecule has 0 aromatic rings. The van der Waals surface area contributed by atoms with Gasteiger partial charge in [-0.25, -0.2) is 0 Å². The molecule has 2 aliphatic heterocycles. The van der Waals surface area contributed by atoms with Crippen molar-refractivity contribution < 1.29 is 9.53 Å². The van der Waals surface area contributed by atoms with Crippen LogP contribution in [0.4, 0.5) is 0 Å². The molecule has 2 rings (SSSR count). The van der Waals surface area contributed by atoms with Crippen molar-refractivity contribution >= 4 is 5.91 Å². The summed E-state index contributed by atoms with van der Waals surface area (Å²) in [7, 11) is 4.06. The van der Waals surface area contributed by atoms with Crippen LogP contribution in [-0.2, 0) is 9.53 Å². The van der Waals surface area contributed by atoms with Crippen LogP contribution < -0.4 is 5.32 Å². The van der Waals surface area contributed by atoms with Crippen molar-refractivity contribution in [2.75, 3.05) is 46.9 Å². The largest absolute Gasteiger partial charge is 0.373 e. The van der Waals surface area contributed by atoms with Crippen molar-refractivity contribution in [1.82, 2.24) is 15.1 Å². The summed E-state index contributed by atoms with van der Waals surface area (Å²) in [5.41, 5.74) is 0. The maximum Gasteiger partial charge on any atom is 0.239 e. The zero-order valence-electron chi connectivity index (χ0n) is 10.8. The van der Waals surface area contributed by atoms with Crippen LogP contribution in [0.2, 0.25) is 0 Å². The molecule has 5 heteroatoms. The Kier molecular flexibility index (Phi) is 4.36. The van der Waals surface area contributed by atoms with Crippen LogP contribution in [0.5, 0.6) is 0 Å². The number of nitrogens with zero attached hydrogens (tertiary/aromatic N) is 2. The van der Waals surface area contributed by atoms with Crippen molar-refractivity contribution in [2.24, 2.45) is 0 Å². The van der Waals surface area contributed by atoms with E-state index in [4.69, 9.17) is 4.74 Å². The van der Waals surface area contributed by atoms with E-state index in [1.165, 1.54) is 0 Å². The van der Waals surface area contributed by atoms with E-state index in [1.807, 2.05) is 19.0 Å². The lowest BCUT2D eigenvalue weighted by Gasteiger charge is -2.35. The normalized spacial score (nSPS) is 29.9. The van der Waals surface area contributed by atoms with Gasteiger partial charge in [0.05, 0.1) is 18.8 Å². The van der Waals surface area contributed by atoms with Crippen LogP contribution in [0, 0.1) is 0 Å². The molecule has 2 heterocycles. The number of likely N-dealkylation sites (N-methyl/N-ethyl adjacent to an activating group) is 1. The number of amides is 1. The van der Waals surface area contributed by atoms with Crippen LogP contribution in [0.1, 0.15) is 12.8 Å². The van der Waals surface area contributed by atoms with E-state index in [2.05, 4.69) is 10.2 Å². The summed E-state index contributed by atoms with van der Waals surface area (Å²) in [4.78, 5) is 16.3. The van der Waals surface area contributed by atoms with E-state index >= 15 is 0 Å². The molecule has 0 spiro atoms. The number of hydrogen-bond donors (Lipinski definition) is 1. The Balaban J connectivity index is 1.85. The number of morpholine rings is 1. The van der Waals surface area contributed by atoms with Crippen LogP contribution >= 0.6 is 0 Å². The van der Waals surface area contributed by atoms with E-state index < -0.39 is 0 Å². The smallest absolute Gasteiger partial charge is 0.239 e. The molecule has 2 atom stereocenters. The highest BCUT2D eigenvalue weighted by Gasteiger charge is 2.30. The van der Waals surface area contributed by atoms with Gasteiger partial charge in [-0.05, 0) is 33.5 Å². The fourth-order valence-corrected chi connectivity index (χ4v) is 2.55. The lowest BCUT2D eigenvalue weighted by Crippen LogP contribution is -2.53. The van der Waals surface area contributed by atoms with E-state index in [0.29, 0.717) is 6.61 Å². The maximum absolute atomic E-state index is 12.2. The molecular weight excluding hydrogens is 218 g/mol. The minimum atomic E-state index is 0.0492. The Bertz CT molecular complexity index is 264. The second kappa shape index (κ2) is 5.80. The summed E-state index contributed by atoms with van der Waals surface area (Å²) in [6.07, 6.45) is 2.25. The van der Waals surface area contributed by atoms with Gasteiger partial charge in [-0.3, -0.25) is 4.79 Å². The topological polar surface area (TPSA) is 44.8 Å². The van der Waals surface area contributed by atoms with Crippen LogP contribution in [0.25, 0.3) is 0 Å². The molecule has 2 saturated heterocycles. The standard InChI is InChI=1S/C12H23N3O2/c1-14(2)8-10-9-15(6-7-17-10)12(16)11-4-3-5-13-11/h10-11,13H,3-9H2,1-2H3. The van der Waals surface area contributed by atoms with Gasteiger partial charge in [-0.1, -0.05) is 0 Å². The Labute approximate surface area is 103 Å². The molecule has 17 heavy (non-hydrogen) atoms. The molecule has 2 aliphatic rings. The van der Waals surface area contributed by atoms with Gasteiger partial charge in [0.25, 0.3) is 0 Å². The third-order valence-corrected chi connectivity index (χ3v) is 3.38. The van der Waals surface area contributed by atoms with E-state index in [9.17, 15) is 4.79 Å². The van der Waals surface area contributed by atoms with Gasteiger partial charge < -0.3 is 19.9 Å². The first-order valence-electron chi connectivity index (χ1n) is 6.45. The van der Waals surface area contributed by atoms with Gasteiger partial charge in [0.1, 0.15) is 0 Å². The predicted molar refractivity (Wildman–Crippen MR) is 65.9 cm³/mol. The average molecular weight is 241 g/mol. The molecular formula is C12H23N3O2. The molecule has 0 aliphatic carbocycles. The van der Waals surface area contributed by atoms with E-state index in [1.54, 1.807) is 0 Å². The first-order valence-corrected chi connectivity index (χ1v) is 6.45. The minimum absolute atomic E-state index is 0.0492. The molecule has 2 unspecified atom stereocenters. The van der Waals surface area contributed by atoms with Crippen LogP contribution in [0.3, 0.4) is 0 Å². The van der Waals surface area contributed by atoms with Crippen molar-refractivity contribution in [3.63, 3.8) is 0 Å². The molecule has 0 radical (unpaired) electrons. The first-order chi connectivity index (χ1) is 8.16. The Morgan fingerprint density at radius 2 is 2.35 bits per heavy atom. The average Bonchev–Trinajstić information content (AvgIpc) is 2.81. The monoisotopic (exact) mass is 241 g/mol. The second-order valence-corrected chi connectivity index (χ2v) is 5.19. The number of ether oxygens (including phenoxy) is 1. The number of hydrogen-bond acceptors (Lipinski definition) is 4. The number of nitrogens with one attached hydrogen (secondary N) is 1. The van der Waals surface area contributed by atoms with Crippen LogP contribution in [-0.4, -0.2) is 74.7 Å². The summed E-state index contributed by atoms with van der Waals surface area (Å²) in [6.45, 7) is 3.98. The first kappa shape index (κ1) is 12.8. The molecule has 98 valence electrons. The molecule has 0 saturated carbocycles. The highest BCUT2D eigenvalue weighted by Crippen LogP contribution is 2.12. The fraction of sp³-hybridized carbons (Fsp3) is 0.917. The van der Waals surface area contributed by atoms with Gasteiger partial charge in [-0.15, -0.1) is 0 Å². The van der Waals surface area contributed by atoms with Crippen molar-refractivity contribution in [3.8, 4) is 0 Å². The molecule has 2 fully saturated rings. The van der Waals surface area contributed by atoms with E-state index in [-0.39, 0.29) is 18.1 Å². The van der Waals surface area contributed by atoms with Crippen molar-refractivity contribution in [3.05, 3.63) is 0 Å². The highest BCUT2D eigenvalue weighted by molar-refractivity contribution is 5.82. The quantitative estimate of drug-likeness (QED) is 0.725. The summed E-state index contributed by atoms with van der Waals surface area (Å²) in [5.74, 6) is 0.259. The molecule has 0 bridgehead atoms. The number of rotatable bonds is 3. The van der Waals surface area contributed by atoms with Gasteiger partial charge in [-0.2, -0.15) is 0 Å². The molecule has 0 aromatic heterocycles. The third-order valence-electron chi connectivity index (χ3n) is 3.38. The lowest BCUT2D eigenvalue weighted by atomic mass is 10.1. The lowest BCUT2D eigenvalue weighted by molar-refractivity contribution is -0.141. The molecule has 1 amide bonds. The second-order valence-electron chi connectivity index (χ2n) is 5.19. The van der Waals surface area contributed by atoms with Gasteiger partial charge in [0, 0.05) is 19.6 Å².